The molecule has 1 aromatic carbocycles. The van der Waals surface area contributed by atoms with Crippen molar-refractivity contribution in [3.05, 3.63) is 29.7 Å². The summed E-state index contributed by atoms with van der Waals surface area (Å²) in [5.74, 6) is 1.52. The maximum absolute atomic E-state index is 5.57. The van der Waals surface area contributed by atoms with E-state index in [1.165, 1.54) is 24.9 Å². The highest BCUT2D eigenvalue weighted by Crippen LogP contribution is 2.21. The summed E-state index contributed by atoms with van der Waals surface area (Å²) in [6.45, 7) is 4.22. The van der Waals surface area contributed by atoms with E-state index in [0.717, 1.165) is 35.9 Å². The van der Waals surface area contributed by atoms with Gasteiger partial charge in [0.2, 0.25) is 0 Å². The molecule has 90 valence electrons. The fourth-order valence-electron chi connectivity index (χ4n) is 2.64. The normalized spacial score (nSPS) is 20.9. The Morgan fingerprint density at radius 2 is 2.41 bits per heavy atom. The molecule has 1 unspecified atom stereocenters. The van der Waals surface area contributed by atoms with Gasteiger partial charge in [0.1, 0.15) is 5.52 Å². The molecular weight excluding hydrogens is 212 g/mol. The van der Waals surface area contributed by atoms with E-state index in [2.05, 4.69) is 28.5 Å². The summed E-state index contributed by atoms with van der Waals surface area (Å²) in [5.41, 5.74) is 3.25. The van der Waals surface area contributed by atoms with Crippen LogP contribution >= 0.6 is 0 Å². The fraction of sp³-hybridized carbons (Fsp3) is 0.500. The van der Waals surface area contributed by atoms with Gasteiger partial charge >= 0.3 is 0 Å². The first-order valence-electron chi connectivity index (χ1n) is 6.38. The van der Waals surface area contributed by atoms with E-state index >= 15 is 0 Å². The Morgan fingerprint density at radius 3 is 3.24 bits per heavy atom. The maximum atomic E-state index is 5.57. The molecule has 1 aromatic heterocycles. The second kappa shape index (κ2) is 4.49. The van der Waals surface area contributed by atoms with Crippen LogP contribution in [0.4, 0.5) is 0 Å². The number of aryl methyl sites for hydroxylation is 1. The number of hydrogen-bond donors (Lipinski definition) is 1. The number of benzene rings is 1. The lowest BCUT2D eigenvalue weighted by Gasteiger charge is -2.22. The summed E-state index contributed by atoms with van der Waals surface area (Å²) in [6.07, 6.45) is 3.78. The van der Waals surface area contributed by atoms with E-state index in [1.54, 1.807) is 0 Å². The number of nitrogens with zero attached hydrogens (tertiary/aromatic N) is 1. The second-order valence-corrected chi connectivity index (χ2v) is 4.95. The van der Waals surface area contributed by atoms with E-state index in [1.807, 2.05) is 6.92 Å². The minimum atomic E-state index is 0.747. The lowest BCUT2D eigenvalue weighted by Crippen LogP contribution is -2.30. The summed E-state index contributed by atoms with van der Waals surface area (Å²) < 4.78 is 5.57. The van der Waals surface area contributed by atoms with Crippen LogP contribution in [0.2, 0.25) is 0 Å². The first-order valence-corrected chi connectivity index (χ1v) is 6.38. The number of oxazole rings is 1. The summed E-state index contributed by atoms with van der Waals surface area (Å²) in [6, 6.07) is 6.39. The van der Waals surface area contributed by atoms with Crippen molar-refractivity contribution < 1.29 is 4.42 Å². The second-order valence-electron chi connectivity index (χ2n) is 4.95. The maximum Gasteiger partial charge on any atom is 0.192 e. The van der Waals surface area contributed by atoms with Gasteiger partial charge in [0.05, 0.1) is 0 Å². The Morgan fingerprint density at radius 1 is 1.47 bits per heavy atom. The topological polar surface area (TPSA) is 38.1 Å². The van der Waals surface area contributed by atoms with Gasteiger partial charge in [-0.2, -0.15) is 0 Å². The third-order valence-corrected chi connectivity index (χ3v) is 3.48. The lowest BCUT2D eigenvalue weighted by molar-refractivity contribution is 0.376. The van der Waals surface area contributed by atoms with Crippen molar-refractivity contribution in [3.8, 4) is 0 Å². The van der Waals surface area contributed by atoms with E-state index in [4.69, 9.17) is 4.42 Å². The van der Waals surface area contributed by atoms with Crippen LogP contribution in [0.25, 0.3) is 11.1 Å². The molecule has 0 saturated carbocycles. The molecule has 0 bridgehead atoms. The fourth-order valence-corrected chi connectivity index (χ4v) is 2.64. The molecule has 0 radical (unpaired) electrons. The van der Waals surface area contributed by atoms with Crippen LogP contribution < -0.4 is 5.32 Å². The highest BCUT2D eigenvalue weighted by Gasteiger charge is 2.14. The zero-order valence-electron chi connectivity index (χ0n) is 10.2. The minimum Gasteiger partial charge on any atom is -0.441 e. The SMILES string of the molecule is Cc1nc2ccc(CC3CCCNC3)cc2o1. The minimum absolute atomic E-state index is 0.747. The Kier molecular flexibility index (Phi) is 2.85. The highest BCUT2D eigenvalue weighted by atomic mass is 16.3. The number of aromatic nitrogens is 1. The van der Waals surface area contributed by atoms with Crippen molar-refractivity contribution in [1.82, 2.24) is 10.3 Å². The number of rotatable bonds is 2. The molecule has 1 atom stereocenters. The molecule has 1 fully saturated rings. The van der Waals surface area contributed by atoms with E-state index in [-0.39, 0.29) is 0 Å². The van der Waals surface area contributed by atoms with Gasteiger partial charge in [-0.1, -0.05) is 6.07 Å². The van der Waals surface area contributed by atoms with Crippen molar-refractivity contribution in [2.24, 2.45) is 5.92 Å². The monoisotopic (exact) mass is 230 g/mol. The molecule has 17 heavy (non-hydrogen) atoms. The Balaban J connectivity index is 1.79. The molecule has 0 amide bonds. The Hall–Kier alpha value is -1.35. The summed E-state index contributed by atoms with van der Waals surface area (Å²) in [4.78, 5) is 4.32. The van der Waals surface area contributed by atoms with Gasteiger partial charge in [0, 0.05) is 6.92 Å². The van der Waals surface area contributed by atoms with Gasteiger partial charge in [0.25, 0.3) is 0 Å². The molecule has 0 spiro atoms. The molecular formula is C14H18N2O. The molecule has 3 heteroatoms. The van der Waals surface area contributed by atoms with E-state index in [0.29, 0.717) is 0 Å². The van der Waals surface area contributed by atoms with Gasteiger partial charge in [0.15, 0.2) is 11.5 Å². The number of nitrogens with one attached hydrogen (secondary N) is 1. The predicted octanol–water partition coefficient (Wildman–Crippen LogP) is 2.68. The Bertz CT molecular complexity index is 512. The molecule has 3 nitrogen and oxygen atoms in total. The molecule has 2 heterocycles. The molecule has 2 aromatic rings. The zero-order valence-corrected chi connectivity index (χ0v) is 10.2. The molecule has 1 aliphatic rings. The van der Waals surface area contributed by atoms with Crippen LogP contribution in [0.5, 0.6) is 0 Å². The molecule has 0 aliphatic carbocycles. The molecule has 3 rings (SSSR count). The Labute approximate surface area is 101 Å². The van der Waals surface area contributed by atoms with Crippen LogP contribution in [0.3, 0.4) is 0 Å². The van der Waals surface area contributed by atoms with Crippen LogP contribution in [0.15, 0.2) is 22.6 Å². The van der Waals surface area contributed by atoms with Gasteiger partial charge < -0.3 is 9.73 Å². The molecule has 1 N–H and O–H groups in total. The van der Waals surface area contributed by atoms with Crippen LogP contribution in [0, 0.1) is 12.8 Å². The molecule has 1 saturated heterocycles. The van der Waals surface area contributed by atoms with E-state index in [9.17, 15) is 0 Å². The van der Waals surface area contributed by atoms with Crippen molar-refractivity contribution in [3.63, 3.8) is 0 Å². The standard InChI is InChI=1S/C14H18N2O/c1-10-16-13-5-4-11(8-14(13)17-10)7-12-3-2-6-15-9-12/h4-5,8,12,15H,2-3,6-7,9H2,1H3. The quantitative estimate of drug-likeness (QED) is 0.862. The summed E-state index contributed by atoms with van der Waals surface area (Å²) in [7, 11) is 0. The first kappa shape index (κ1) is 10.8. The van der Waals surface area contributed by atoms with Crippen molar-refractivity contribution >= 4 is 11.1 Å². The van der Waals surface area contributed by atoms with Gasteiger partial charge in [-0.05, 0) is 56.0 Å². The average Bonchev–Trinajstić information content (AvgIpc) is 2.70. The third-order valence-electron chi connectivity index (χ3n) is 3.48. The van der Waals surface area contributed by atoms with E-state index < -0.39 is 0 Å². The molecule has 1 aliphatic heterocycles. The average molecular weight is 230 g/mol. The van der Waals surface area contributed by atoms with Gasteiger partial charge in [-0.3, -0.25) is 0 Å². The first-order chi connectivity index (χ1) is 8.31. The van der Waals surface area contributed by atoms with Crippen LogP contribution in [-0.4, -0.2) is 18.1 Å². The van der Waals surface area contributed by atoms with Crippen molar-refractivity contribution in [2.75, 3.05) is 13.1 Å². The number of fused-ring (bicyclic) bond motifs is 1. The third kappa shape index (κ3) is 2.34. The summed E-state index contributed by atoms with van der Waals surface area (Å²) >= 11 is 0. The largest absolute Gasteiger partial charge is 0.441 e. The lowest BCUT2D eigenvalue weighted by atomic mass is 9.92. The number of hydrogen-bond acceptors (Lipinski definition) is 3. The van der Waals surface area contributed by atoms with Crippen molar-refractivity contribution in [1.29, 1.82) is 0 Å². The highest BCUT2D eigenvalue weighted by molar-refractivity contribution is 5.73. The summed E-state index contributed by atoms with van der Waals surface area (Å²) in [5, 5.41) is 3.46. The number of piperidine rings is 1. The van der Waals surface area contributed by atoms with Crippen LogP contribution in [0.1, 0.15) is 24.3 Å². The van der Waals surface area contributed by atoms with Crippen molar-refractivity contribution in [2.45, 2.75) is 26.2 Å². The zero-order chi connectivity index (χ0) is 11.7. The predicted molar refractivity (Wildman–Crippen MR) is 68.0 cm³/mol. The van der Waals surface area contributed by atoms with Gasteiger partial charge in [-0.15, -0.1) is 0 Å². The smallest absolute Gasteiger partial charge is 0.192 e. The van der Waals surface area contributed by atoms with Gasteiger partial charge in [-0.25, -0.2) is 4.98 Å². The van der Waals surface area contributed by atoms with Crippen LogP contribution in [-0.2, 0) is 6.42 Å².